The van der Waals surface area contributed by atoms with Gasteiger partial charge in [0, 0.05) is 21.8 Å². The number of benzene rings is 3. The van der Waals surface area contributed by atoms with E-state index in [9.17, 15) is 4.79 Å². The molecular weight excluding hydrogens is 398 g/mol. The number of hydrogen-bond acceptors (Lipinski definition) is 3. The zero-order valence-corrected chi connectivity index (χ0v) is 17.7. The number of halogens is 1. The zero-order valence-electron chi connectivity index (χ0n) is 17.0. The number of fused-ring (bicyclic) bond motifs is 1. The van der Waals surface area contributed by atoms with Crippen LogP contribution in [0, 0.1) is 6.92 Å². The largest absolute Gasteiger partial charge is 0.491 e. The van der Waals surface area contributed by atoms with Gasteiger partial charge in [0.15, 0.2) is 0 Å². The van der Waals surface area contributed by atoms with Crippen molar-refractivity contribution >= 4 is 34.2 Å². The standard InChI is InChI=1S/C24H22ClN3O2/c1-14(2)30-19-9-5-7-17(12-19)24(29)26-18-8-4-6-16(11-18)23-27-21-10-15(3)20(25)13-22(21)28-23/h4-14H,1-3H3,(H,26,29)(H,27,28). The van der Waals surface area contributed by atoms with E-state index in [2.05, 4.69) is 15.3 Å². The summed E-state index contributed by atoms with van der Waals surface area (Å²) in [6.45, 7) is 5.86. The Morgan fingerprint density at radius 1 is 1.10 bits per heavy atom. The first kappa shape index (κ1) is 20.0. The molecule has 1 amide bonds. The molecule has 4 rings (SSSR count). The van der Waals surface area contributed by atoms with Crippen LogP contribution in [0.4, 0.5) is 5.69 Å². The average molecular weight is 420 g/mol. The third kappa shape index (κ3) is 4.31. The van der Waals surface area contributed by atoms with Crippen LogP contribution < -0.4 is 10.1 Å². The summed E-state index contributed by atoms with van der Waals surface area (Å²) in [5.74, 6) is 1.19. The molecule has 1 heterocycles. The van der Waals surface area contributed by atoms with E-state index in [4.69, 9.17) is 16.3 Å². The molecule has 0 fully saturated rings. The van der Waals surface area contributed by atoms with Gasteiger partial charge < -0.3 is 15.0 Å². The molecular formula is C24H22ClN3O2. The molecule has 0 unspecified atom stereocenters. The van der Waals surface area contributed by atoms with Crippen LogP contribution >= 0.6 is 11.6 Å². The molecule has 0 aliphatic carbocycles. The highest BCUT2D eigenvalue weighted by Crippen LogP contribution is 2.27. The maximum atomic E-state index is 12.7. The molecule has 3 aromatic carbocycles. The maximum absolute atomic E-state index is 12.7. The third-order valence-corrected chi connectivity index (χ3v) is 5.03. The van der Waals surface area contributed by atoms with Gasteiger partial charge in [-0.25, -0.2) is 4.98 Å². The number of imidazole rings is 1. The fourth-order valence-electron chi connectivity index (χ4n) is 3.21. The second-order valence-electron chi connectivity index (χ2n) is 7.43. The first-order valence-corrected chi connectivity index (χ1v) is 10.1. The summed E-state index contributed by atoms with van der Waals surface area (Å²) in [5.41, 5.74) is 4.80. The van der Waals surface area contributed by atoms with Gasteiger partial charge in [-0.15, -0.1) is 0 Å². The van der Waals surface area contributed by atoms with Crippen LogP contribution in [0.25, 0.3) is 22.4 Å². The van der Waals surface area contributed by atoms with Crippen LogP contribution in [0.1, 0.15) is 29.8 Å². The monoisotopic (exact) mass is 419 g/mol. The lowest BCUT2D eigenvalue weighted by Gasteiger charge is -2.11. The SMILES string of the molecule is Cc1cc2[nH]c(-c3cccc(NC(=O)c4cccc(OC(C)C)c4)c3)nc2cc1Cl. The van der Waals surface area contributed by atoms with E-state index in [0.29, 0.717) is 22.0 Å². The number of carbonyl (C=O) groups excluding carboxylic acids is 1. The normalized spacial score (nSPS) is 11.1. The lowest BCUT2D eigenvalue weighted by molar-refractivity contribution is 0.102. The highest BCUT2D eigenvalue weighted by Gasteiger charge is 2.11. The molecule has 0 aliphatic heterocycles. The molecule has 0 aliphatic rings. The molecule has 152 valence electrons. The van der Waals surface area contributed by atoms with Crippen molar-refractivity contribution in [1.82, 2.24) is 9.97 Å². The Bertz CT molecular complexity index is 1190. The van der Waals surface area contributed by atoms with Crippen molar-refractivity contribution in [3.05, 3.63) is 76.8 Å². The zero-order chi connectivity index (χ0) is 21.3. The molecule has 0 saturated carbocycles. The Morgan fingerprint density at radius 3 is 2.70 bits per heavy atom. The summed E-state index contributed by atoms with van der Waals surface area (Å²) in [4.78, 5) is 20.7. The number of aryl methyl sites for hydroxylation is 1. The first-order chi connectivity index (χ1) is 14.4. The Balaban J connectivity index is 1.57. The fourth-order valence-corrected chi connectivity index (χ4v) is 3.36. The van der Waals surface area contributed by atoms with Crippen LogP contribution in [0.3, 0.4) is 0 Å². The van der Waals surface area contributed by atoms with Crippen molar-refractivity contribution < 1.29 is 9.53 Å². The van der Waals surface area contributed by atoms with Crippen molar-refractivity contribution in [2.75, 3.05) is 5.32 Å². The summed E-state index contributed by atoms with van der Waals surface area (Å²) in [5, 5.41) is 3.63. The molecule has 0 atom stereocenters. The fraction of sp³-hybridized carbons (Fsp3) is 0.167. The quantitative estimate of drug-likeness (QED) is 0.403. The van der Waals surface area contributed by atoms with Gasteiger partial charge in [0.1, 0.15) is 11.6 Å². The van der Waals surface area contributed by atoms with E-state index in [1.54, 1.807) is 12.1 Å². The number of amides is 1. The molecule has 0 radical (unpaired) electrons. The van der Waals surface area contributed by atoms with Crippen LogP contribution in [-0.2, 0) is 0 Å². The number of hydrogen-bond donors (Lipinski definition) is 2. The highest BCUT2D eigenvalue weighted by atomic mass is 35.5. The molecule has 0 saturated heterocycles. The number of ether oxygens (including phenoxy) is 1. The predicted molar refractivity (Wildman–Crippen MR) is 121 cm³/mol. The van der Waals surface area contributed by atoms with Gasteiger partial charge in [0.2, 0.25) is 0 Å². The summed E-state index contributed by atoms with van der Waals surface area (Å²) >= 11 is 6.21. The number of nitrogens with zero attached hydrogens (tertiary/aromatic N) is 1. The number of aromatic nitrogens is 2. The molecule has 0 bridgehead atoms. The number of H-pyrrole nitrogens is 1. The molecule has 6 heteroatoms. The summed E-state index contributed by atoms with van der Waals surface area (Å²) < 4.78 is 5.68. The van der Waals surface area contributed by atoms with E-state index in [1.807, 2.05) is 69.3 Å². The van der Waals surface area contributed by atoms with E-state index < -0.39 is 0 Å². The lowest BCUT2D eigenvalue weighted by atomic mass is 10.1. The van der Waals surface area contributed by atoms with Crippen LogP contribution in [-0.4, -0.2) is 22.0 Å². The predicted octanol–water partition coefficient (Wildman–Crippen LogP) is 6.23. The van der Waals surface area contributed by atoms with Gasteiger partial charge in [-0.05, 0) is 68.8 Å². The Hall–Kier alpha value is -3.31. The first-order valence-electron chi connectivity index (χ1n) is 9.73. The van der Waals surface area contributed by atoms with Crippen molar-refractivity contribution in [2.45, 2.75) is 26.9 Å². The van der Waals surface area contributed by atoms with E-state index in [0.717, 1.165) is 28.0 Å². The van der Waals surface area contributed by atoms with Crippen LogP contribution in [0.15, 0.2) is 60.7 Å². The van der Waals surface area contributed by atoms with Crippen molar-refractivity contribution in [1.29, 1.82) is 0 Å². The van der Waals surface area contributed by atoms with Crippen LogP contribution in [0.2, 0.25) is 5.02 Å². The summed E-state index contributed by atoms with van der Waals surface area (Å²) in [7, 11) is 0. The number of aromatic amines is 1. The maximum Gasteiger partial charge on any atom is 0.255 e. The Labute approximate surface area is 180 Å². The molecule has 2 N–H and O–H groups in total. The minimum absolute atomic E-state index is 0.0440. The number of nitrogens with one attached hydrogen (secondary N) is 2. The second kappa shape index (κ2) is 8.20. The van der Waals surface area contributed by atoms with E-state index >= 15 is 0 Å². The topological polar surface area (TPSA) is 67.0 Å². The van der Waals surface area contributed by atoms with Gasteiger partial charge in [-0.1, -0.05) is 29.8 Å². The van der Waals surface area contributed by atoms with Crippen molar-refractivity contribution in [3.63, 3.8) is 0 Å². The second-order valence-corrected chi connectivity index (χ2v) is 7.84. The molecule has 4 aromatic rings. The summed E-state index contributed by atoms with van der Waals surface area (Å²) in [6.07, 6.45) is 0.0440. The van der Waals surface area contributed by atoms with Gasteiger partial charge >= 0.3 is 0 Å². The van der Waals surface area contributed by atoms with Crippen molar-refractivity contribution in [3.8, 4) is 17.1 Å². The van der Waals surface area contributed by atoms with E-state index in [1.165, 1.54) is 0 Å². The van der Waals surface area contributed by atoms with Crippen molar-refractivity contribution in [2.24, 2.45) is 0 Å². The number of rotatable bonds is 5. The summed E-state index contributed by atoms with van der Waals surface area (Å²) in [6, 6.07) is 18.5. The smallest absolute Gasteiger partial charge is 0.255 e. The van der Waals surface area contributed by atoms with Gasteiger partial charge in [-0.2, -0.15) is 0 Å². The van der Waals surface area contributed by atoms with Gasteiger partial charge in [-0.3, -0.25) is 4.79 Å². The van der Waals surface area contributed by atoms with E-state index in [-0.39, 0.29) is 12.0 Å². The average Bonchev–Trinajstić information content (AvgIpc) is 3.11. The number of anilines is 1. The molecule has 5 nitrogen and oxygen atoms in total. The third-order valence-electron chi connectivity index (χ3n) is 4.62. The van der Waals surface area contributed by atoms with Gasteiger partial charge in [0.05, 0.1) is 17.1 Å². The van der Waals surface area contributed by atoms with Gasteiger partial charge in [0.25, 0.3) is 5.91 Å². The lowest BCUT2D eigenvalue weighted by Crippen LogP contribution is -2.12. The molecule has 30 heavy (non-hydrogen) atoms. The molecule has 0 spiro atoms. The van der Waals surface area contributed by atoms with Crippen LogP contribution in [0.5, 0.6) is 5.75 Å². The molecule has 1 aromatic heterocycles. The minimum Gasteiger partial charge on any atom is -0.491 e. The highest BCUT2D eigenvalue weighted by molar-refractivity contribution is 6.32. The number of carbonyl (C=O) groups is 1. The Kier molecular flexibility index (Phi) is 5.46. The Morgan fingerprint density at radius 2 is 1.90 bits per heavy atom. The minimum atomic E-state index is -0.201.